The minimum absolute atomic E-state index is 0.240. The molecule has 2 heteroatoms. The van der Waals surface area contributed by atoms with E-state index in [9.17, 15) is 0 Å². The van der Waals surface area contributed by atoms with Crippen molar-refractivity contribution in [2.24, 2.45) is 10.9 Å². The highest BCUT2D eigenvalue weighted by Crippen LogP contribution is 2.31. The normalized spacial score (nSPS) is 21.7. The van der Waals surface area contributed by atoms with Crippen LogP contribution in [0.3, 0.4) is 0 Å². The maximum atomic E-state index is 4.91. The fourth-order valence-corrected chi connectivity index (χ4v) is 2.99. The third-order valence-corrected chi connectivity index (χ3v) is 4.27. The van der Waals surface area contributed by atoms with E-state index >= 15 is 0 Å². The van der Waals surface area contributed by atoms with Crippen LogP contribution in [-0.4, -0.2) is 29.9 Å². The van der Waals surface area contributed by atoms with E-state index in [0.29, 0.717) is 5.92 Å². The second-order valence-electron chi connectivity index (χ2n) is 5.71. The fourth-order valence-electron chi connectivity index (χ4n) is 2.99. The molecule has 1 aromatic carbocycles. The van der Waals surface area contributed by atoms with Crippen LogP contribution in [0.2, 0.25) is 0 Å². The van der Waals surface area contributed by atoms with Crippen molar-refractivity contribution in [3.05, 3.63) is 54.1 Å². The summed E-state index contributed by atoms with van der Waals surface area (Å²) in [5, 5.41) is 0. The van der Waals surface area contributed by atoms with Crippen molar-refractivity contribution in [2.45, 2.75) is 33.4 Å². The van der Waals surface area contributed by atoms with E-state index in [1.807, 2.05) is 12.3 Å². The van der Waals surface area contributed by atoms with Gasteiger partial charge in [-0.25, -0.2) is 0 Å². The molecular weight excluding hydrogens is 256 g/mol. The molecule has 1 heterocycles. The summed E-state index contributed by atoms with van der Waals surface area (Å²) in [5.41, 5.74) is 2.21. The van der Waals surface area contributed by atoms with Crippen molar-refractivity contribution in [3.63, 3.8) is 0 Å². The Hall–Kier alpha value is -1.67. The van der Waals surface area contributed by atoms with E-state index in [1.54, 1.807) is 0 Å². The smallest absolute Gasteiger partial charge is 0.134 e. The van der Waals surface area contributed by atoms with Crippen LogP contribution in [0.4, 0.5) is 0 Å². The van der Waals surface area contributed by atoms with Crippen molar-refractivity contribution in [3.8, 4) is 0 Å². The van der Waals surface area contributed by atoms with Crippen LogP contribution in [0.5, 0.6) is 0 Å². The lowest BCUT2D eigenvalue weighted by Crippen LogP contribution is -2.49. The summed E-state index contributed by atoms with van der Waals surface area (Å²) in [5.74, 6) is 0.424. The van der Waals surface area contributed by atoms with Crippen LogP contribution in [-0.2, 0) is 0 Å². The Morgan fingerprint density at radius 1 is 1.10 bits per heavy atom. The van der Waals surface area contributed by atoms with Gasteiger partial charge in [0.2, 0.25) is 0 Å². The largest absolute Gasteiger partial charge is 0.276 e. The molecule has 1 atom stereocenters. The summed E-state index contributed by atoms with van der Waals surface area (Å²) in [6.45, 7) is 10.9. The second kappa shape index (κ2) is 6.86. The Balaban J connectivity index is 2.38. The van der Waals surface area contributed by atoms with Gasteiger partial charge in [0.05, 0.1) is 0 Å². The van der Waals surface area contributed by atoms with Gasteiger partial charge in [0.25, 0.3) is 0 Å². The molecule has 1 unspecified atom stereocenters. The molecular formula is C19H26N2. The van der Waals surface area contributed by atoms with Crippen molar-refractivity contribution in [2.75, 3.05) is 13.1 Å². The van der Waals surface area contributed by atoms with Gasteiger partial charge in [-0.1, -0.05) is 64.1 Å². The Kier molecular flexibility index (Phi) is 5.13. The highest BCUT2D eigenvalue weighted by Gasteiger charge is 2.35. The van der Waals surface area contributed by atoms with Crippen LogP contribution in [0, 0.1) is 5.92 Å². The standard InChI is InChI=1S/C19H26N2/c1-5-21(6-2)19(16(3)4)14-12-18(13-15-20-19)17-10-8-7-9-11-17/h7-16H,5-6H2,1-4H3. The van der Waals surface area contributed by atoms with Gasteiger partial charge in [0, 0.05) is 6.21 Å². The molecule has 0 aliphatic carbocycles. The van der Waals surface area contributed by atoms with Gasteiger partial charge in [-0.05, 0) is 42.3 Å². The highest BCUT2D eigenvalue weighted by atomic mass is 15.3. The SMILES string of the molecule is CCN(CC)C1(C(C)C)C=CC(c2ccccc2)=CC=N1. The van der Waals surface area contributed by atoms with Crippen molar-refractivity contribution in [1.82, 2.24) is 4.90 Å². The maximum absolute atomic E-state index is 4.91. The number of nitrogens with zero attached hydrogens (tertiary/aromatic N) is 2. The summed E-state index contributed by atoms with van der Waals surface area (Å²) < 4.78 is 0. The molecule has 0 saturated heterocycles. The van der Waals surface area contributed by atoms with Gasteiger partial charge >= 0.3 is 0 Å². The lowest BCUT2D eigenvalue weighted by Gasteiger charge is -2.40. The summed E-state index contributed by atoms with van der Waals surface area (Å²) in [4.78, 5) is 7.33. The zero-order valence-corrected chi connectivity index (χ0v) is 13.6. The fraction of sp³-hybridized carbons (Fsp3) is 0.421. The van der Waals surface area contributed by atoms with Gasteiger partial charge in [0.15, 0.2) is 0 Å². The number of benzene rings is 1. The van der Waals surface area contributed by atoms with E-state index in [2.05, 4.69) is 75.1 Å². The van der Waals surface area contributed by atoms with E-state index in [4.69, 9.17) is 4.99 Å². The van der Waals surface area contributed by atoms with Gasteiger partial charge in [-0.3, -0.25) is 9.89 Å². The maximum Gasteiger partial charge on any atom is 0.134 e. The van der Waals surface area contributed by atoms with Gasteiger partial charge < -0.3 is 0 Å². The number of hydrogen-bond acceptors (Lipinski definition) is 2. The molecule has 112 valence electrons. The summed E-state index contributed by atoms with van der Waals surface area (Å²) in [6, 6.07) is 10.5. The molecule has 0 aromatic heterocycles. The molecule has 0 N–H and O–H groups in total. The first-order valence-electron chi connectivity index (χ1n) is 7.89. The third-order valence-electron chi connectivity index (χ3n) is 4.27. The number of rotatable bonds is 5. The monoisotopic (exact) mass is 282 g/mol. The quantitative estimate of drug-likeness (QED) is 0.781. The first-order chi connectivity index (χ1) is 10.1. The van der Waals surface area contributed by atoms with E-state index in [1.165, 1.54) is 11.1 Å². The predicted molar refractivity (Wildman–Crippen MR) is 92.5 cm³/mol. The van der Waals surface area contributed by atoms with Crippen LogP contribution in [0.1, 0.15) is 33.3 Å². The minimum atomic E-state index is -0.240. The molecule has 0 radical (unpaired) electrons. The lowest BCUT2D eigenvalue weighted by atomic mass is 9.92. The molecule has 1 aromatic rings. The average Bonchev–Trinajstić information content (AvgIpc) is 2.73. The average molecular weight is 282 g/mol. The van der Waals surface area contributed by atoms with Crippen LogP contribution in [0.15, 0.2) is 53.6 Å². The van der Waals surface area contributed by atoms with Crippen LogP contribution < -0.4 is 0 Å². The van der Waals surface area contributed by atoms with Crippen LogP contribution >= 0.6 is 0 Å². The second-order valence-corrected chi connectivity index (χ2v) is 5.71. The summed E-state index contributed by atoms with van der Waals surface area (Å²) in [7, 11) is 0. The molecule has 21 heavy (non-hydrogen) atoms. The molecule has 0 bridgehead atoms. The van der Waals surface area contributed by atoms with Gasteiger partial charge in [0.1, 0.15) is 5.66 Å². The molecule has 0 amide bonds. The Morgan fingerprint density at radius 3 is 2.33 bits per heavy atom. The van der Waals surface area contributed by atoms with Crippen molar-refractivity contribution >= 4 is 11.8 Å². The highest BCUT2D eigenvalue weighted by molar-refractivity contribution is 5.89. The van der Waals surface area contributed by atoms with Gasteiger partial charge in [-0.2, -0.15) is 0 Å². The van der Waals surface area contributed by atoms with Crippen molar-refractivity contribution in [1.29, 1.82) is 0 Å². The molecule has 2 rings (SSSR count). The first kappa shape index (κ1) is 15.7. The Morgan fingerprint density at radius 2 is 1.76 bits per heavy atom. The molecule has 1 aliphatic heterocycles. The Bertz CT molecular complexity index is 536. The molecule has 2 nitrogen and oxygen atoms in total. The third kappa shape index (κ3) is 3.16. The van der Waals surface area contributed by atoms with Crippen LogP contribution in [0.25, 0.3) is 5.57 Å². The number of aliphatic imine (C=N–C) groups is 1. The predicted octanol–water partition coefficient (Wildman–Crippen LogP) is 4.40. The zero-order valence-electron chi connectivity index (χ0n) is 13.6. The van der Waals surface area contributed by atoms with E-state index < -0.39 is 0 Å². The molecule has 1 aliphatic rings. The van der Waals surface area contributed by atoms with E-state index in [-0.39, 0.29) is 5.66 Å². The topological polar surface area (TPSA) is 15.6 Å². The Labute approximate surface area is 128 Å². The van der Waals surface area contributed by atoms with Gasteiger partial charge in [-0.15, -0.1) is 0 Å². The molecule has 0 saturated carbocycles. The first-order valence-corrected chi connectivity index (χ1v) is 7.89. The minimum Gasteiger partial charge on any atom is -0.276 e. The number of hydrogen-bond donors (Lipinski definition) is 0. The lowest BCUT2D eigenvalue weighted by molar-refractivity contribution is 0.107. The summed E-state index contributed by atoms with van der Waals surface area (Å²) in [6.07, 6.45) is 8.58. The van der Waals surface area contributed by atoms with Crippen molar-refractivity contribution < 1.29 is 0 Å². The number of allylic oxidation sites excluding steroid dienone is 3. The zero-order chi connectivity index (χ0) is 15.3. The molecule has 0 spiro atoms. The summed E-state index contributed by atoms with van der Waals surface area (Å²) >= 11 is 0. The van der Waals surface area contributed by atoms with E-state index in [0.717, 1.165) is 13.1 Å². The number of likely N-dealkylation sites (N-methyl/N-ethyl adjacent to an activating group) is 1. The molecule has 0 fully saturated rings.